The van der Waals surface area contributed by atoms with Crippen molar-refractivity contribution in [3.05, 3.63) is 54.6 Å². The first kappa shape index (κ1) is 18.5. The number of benzene rings is 2. The number of hydrogen-bond acceptors (Lipinski definition) is 8. The van der Waals surface area contributed by atoms with Crippen molar-refractivity contribution in [3.8, 4) is 0 Å². The van der Waals surface area contributed by atoms with Gasteiger partial charge in [-0.2, -0.15) is 15.0 Å². The predicted octanol–water partition coefficient (Wildman–Crippen LogP) is 3.49. The van der Waals surface area contributed by atoms with Gasteiger partial charge in [-0.05, 0) is 42.7 Å². The number of nitrogens with zero attached hydrogens (tertiary/aromatic N) is 4. The van der Waals surface area contributed by atoms with Gasteiger partial charge in [0, 0.05) is 42.4 Å². The number of aromatic nitrogens is 3. The van der Waals surface area contributed by atoms with Crippen LogP contribution in [0.25, 0.3) is 0 Å². The fraction of sp³-hybridized carbons (Fsp3) is 0.250. The Morgan fingerprint density at radius 3 is 2.04 bits per heavy atom. The van der Waals surface area contributed by atoms with Gasteiger partial charge in [-0.3, -0.25) is 0 Å². The van der Waals surface area contributed by atoms with E-state index in [1.807, 2.05) is 42.5 Å². The molecule has 0 aliphatic carbocycles. The SMILES string of the molecule is CSc1ccc(Nc2nc(Nc3ccccc3)nc(N3CCNCC3)n2)cc1. The third kappa shape index (κ3) is 4.71. The summed E-state index contributed by atoms with van der Waals surface area (Å²) in [5.41, 5.74) is 1.89. The molecule has 28 heavy (non-hydrogen) atoms. The van der Waals surface area contributed by atoms with Crippen molar-refractivity contribution >= 4 is 41.0 Å². The van der Waals surface area contributed by atoms with E-state index in [1.165, 1.54) is 4.90 Å². The third-order valence-electron chi connectivity index (χ3n) is 4.40. The highest BCUT2D eigenvalue weighted by Gasteiger charge is 2.16. The summed E-state index contributed by atoms with van der Waals surface area (Å²) >= 11 is 1.72. The maximum Gasteiger partial charge on any atom is 0.233 e. The van der Waals surface area contributed by atoms with Crippen LogP contribution >= 0.6 is 11.8 Å². The average Bonchev–Trinajstić information content (AvgIpc) is 2.75. The van der Waals surface area contributed by atoms with Crippen molar-refractivity contribution in [1.29, 1.82) is 0 Å². The maximum absolute atomic E-state index is 4.66. The molecular weight excluding hydrogens is 370 g/mol. The molecule has 0 saturated carbocycles. The van der Waals surface area contributed by atoms with E-state index in [1.54, 1.807) is 11.8 Å². The van der Waals surface area contributed by atoms with Gasteiger partial charge in [0.25, 0.3) is 0 Å². The first-order chi connectivity index (χ1) is 13.8. The van der Waals surface area contributed by atoms with Crippen molar-refractivity contribution in [2.24, 2.45) is 0 Å². The van der Waals surface area contributed by atoms with Crippen LogP contribution in [0.1, 0.15) is 0 Å². The standard InChI is InChI=1S/C20H23N7S/c1-28-17-9-7-16(8-10-17)23-19-24-18(22-15-5-3-2-4-6-15)25-20(26-19)27-13-11-21-12-14-27/h2-10,21H,11-14H2,1H3,(H2,22,23,24,25,26). The van der Waals surface area contributed by atoms with Crippen LogP contribution in [0.15, 0.2) is 59.5 Å². The first-order valence-corrected chi connectivity index (χ1v) is 10.5. The summed E-state index contributed by atoms with van der Waals surface area (Å²) in [5.74, 6) is 1.73. The lowest BCUT2D eigenvalue weighted by Gasteiger charge is -2.27. The molecule has 1 aliphatic rings. The summed E-state index contributed by atoms with van der Waals surface area (Å²) in [6.07, 6.45) is 2.07. The average molecular weight is 394 g/mol. The Labute approximate surface area is 169 Å². The van der Waals surface area contributed by atoms with Gasteiger partial charge in [0.05, 0.1) is 0 Å². The zero-order valence-electron chi connectivity index (χ0n) is 15.7. The quantitative estimate of drug-likeness (QED) is 0.550. The Balaban J connectivity index is 1.62. The number of anilines is 5. The fourth-order valence-corrected chi connectivity index (χ4v) is 3.35. The molecule has 0 spiro atoms. The molecule has 2 heterocycles. The number of thioether (sulfide) groups is 1. The maximum atomic E-state index is 4.66. The largest absolute Gasteiger partial charge is 0.338 e. The Kier molecular flexibility index (Phi) is 5.89. The van der Waals surface area contributed by atoms with Crippen LogP contribution in [0, 0.1) is 0 Å². The van der Waals surface area contributed by atoms with E-state index >= 15 is 0 Å². The first-order valence-electron chi connectivity index (χ1n) is 9.25. The molecule has 0 atom stereocenters. The minimum absolute atomic E-state index is 0.526. The molecule has 4 rings (SSSR count). The van der Waals surface area contributed by atoms with Gasteiger partial charge in [-0.1, -0.05) is 18.2 Å². The second-order valence-corrected chi connectivity index (χ2v) is 7.24. The molecule has 7 nitrogen and oxygen atoms in total. The van der Waals surface area contributed by atoms with Crippen LogP contribution < -0.4 is 20.9 Å². The van der Waals surface area contributed by atoms with E-state index in [0.717, 1.165) is 37.6 Å². The van der Waals surface area contributed by atoms with E-state index in [4.69, 9.17) is 0 Å². The minimum atomic E-state index is 0.526. The van der Waals surface area contributed by atoms with Gasteiger partial charge < -0.3 is 20.9 Å². The molecule has 1 saturated heterocycles. The lowest BCUT2D eigenvalue weighted by atomic mass is 10.3. The van der Waals surface area contributed by atoms with E-state index in [2.05, 4.69) is 54.2 Å². The summed E-state index contributed by atoms with van der Waals surface area (Å²) in [5, 5.41) is 9.95. The van der Waals surface area contributed by atoms with Gasteiger partial charge in [-0.25, -0.2) is 0 Å². The second kappa shape index (κ2) is 8.90. The molecule has 1 aromatic heterocycles. The monoisotopic (exact) mass is 393 g/mol. The molecule has 1 aliphatic heterocycles. The van der Waals surface area contributed by atoms with Crippen molar-refractivity contribution in [2.75, 3.05) is 48.0 Å². The summed E-state index contributed by atoms with van der Waals surface area (Å²) in [6.45, 7) is 3.59. The molecule has 0 bridgehead atoms. The molecule has 2 aromatic carbocycles. The van der Waals surface area contributed by atoms with Gasteiger partial charge in [-0.15, -0.1) is 11.8 Å². The van der Waals surface area contributed by atoms with Crippen LogP contribution in [0.2, 0.25) is 0 Å². The van der Waals surface area contributed by atoms with Gasteiger partial charge >= 0.3 is 0 Å². The number of hydrogen-bond donors (Lipinski definition) is 3. The number of rotatable bonds is 6. The number of nitrogens with one attached hydrogen (secondary N) is 3. The van der Waals surface area contributed by atoms with Crippen LogP contribution in [-0.2, 0) is 0 Å². The van der Waals surface area contributed by atoms with Gasteiger partial charge in [0.15, 0.2) is 0 Å². The van der Waals surface area contributed by atoms with Crippen molar-refractivity contribution in [2.45, 2.75) is 4.90 Å². The summed E-state index contributed by atoms with van der Waals surface area (Å²) in [7, 11) is 0. The second-order valence-electron chi connectivity index (χ2n) is 6.36. The molecule has 1 fully saturated rings. The summed E-state index contributed by atoms with van der Waals surface area (Å²) in [4.78, 5) is 17.3. The third-order valence-corrected chi connectivity index (χ3v) is 5.14. The molecule has 0 amide bonds. The molecule has 0 unspecified atom stereocenters. The van der Waals surface area contributed by atoms with E-state index < -0.39 is 0 Å². The smallest absolute Gasteiger partial charge is 0.233 e. The predicted molar refractivity (Wildman–Crippen MR) is 116 cm³/mol. The Hall–Kier alpha value is -2.84. The zero-order valence-corrected chi connectivity index (χ0v) is 16.5. The van der Waals surface area contributed by atoms with Crippen molar-refractivity contribution < 1.29 is 0 Å². The highest BCUT2D eigenvalue weighted by atomic mass is 32.2. The topological polar surface area (TPSA) is 78.0 Å². The number of piperazine rings is 1. The van der Waals surface area contributed by atoms with E-state index in [0.29, 0.717) is 17.8 Å². The summed E-state index contributed by atoms with van der Waals surface area (Å²) < 4.78 is 0. The Morgan fingerprint density at radius 1 is 0.821 bits per heavy atom. The highest BCUT2D eigenvalue weighted by molar-refractivity contribution is 7.98. The molecule has 8 heteroatoms. The highest BCUT2D eigenvalue weighted by Crippen LogP contribution is 2.22. The van der Waals surface area contributed by atoms with Gasteiger partial charge in [0.1, 0.15) is 0 Å². The Bertz CT molecular complexity index is 896. The molecular formula is C20H23N7S. The van der Waals surface area contributed by atoms with E-state index in [-0.39, 0.29) is 0 Å². The normalized spacial score (nSPS) is 14.0. The lowest BCUT2D eigenvalue weighted by Crippen LogP contribution is -2.44. The van der Waals surface area contributed by atoms with Gasteiger partial charge in [0.2, 0.25) is 17.8 Å². The fourth-order valence-electron chi connectivity index (χ4n) is 2.94. The number of para-hydroxylation sites is 1. The Morgan fingerprint density at radius 2 is 1.43 bits per heavy atom. The van der Waals surface area contributed by atoms with Crippen LogP contribution in [0.4, 0.5) is 29.2 Å². The van der Waals surface area contributed by atoms with Crippen molar-refractivity contribution in [3.63, 3.8) is 0 Å². The summed E-state index contributed by atoms with van der Waals surface area (Å²) in [6, 6.07) is 18.1. The van der Waals surface area contributed by atoms with Crippen LogP contribution in [0.5, 0.6) is 0 Å². The zero-order chi connectivity index (χ0) is 19.2. The van der Waals surface area contributed by atoms with Crippen LogP contribution in [0.3, 0.4) is 0 Å². The molecule has 0 radical (unpaired) electrons. The minimum Gasteiger partial charge on any atom is -0.338 e. The molecule has 3 N–H and O–H groups in total. The lowest BCUT2D eigenvalue weighted by molar-refractivity contribution is 0.579. The van der Waals surface area contributed by atoms with Crippen molar-refractivity contribution in [1.82, 2.24) is 20.3 Å². The molecule has 144 valence electrons. The molecule has 3 aromatic rings. The van der Waals surface area contributed by atoms with E-state index in [9.17, 15) is 0 Å². The van der Waals surface area contributed by atoms with Crippen LogP contribution in [-0.4, -0.2) is 47.4 Å².